The van der Waals surface area contributed by atoms with Gasteiger partial charge in [-0.3, -0.25) is 19.7 Å². The summed E-state index contributed by atoms with van der Waals surface area (Å²) in [6.07, 6.45) is 0.494. The highest BCUT2D eigenvalue weighted by atomic mass is 16.6. The third-order valence-electron chi connectivity index (χ3n) is 2.92. The first-order valence-corrected chi connectivity index (χ1v) is 6.15. The van der Waals surface area contributed by atoms with E-state index in [9.17, 15) is 19.7 Å². The van der Waals surface area contributed by atoms with Gasteiger partial charge in [0.15, 0.2) is 0 Å². The molecule has 108 valence electrons. The molecule has 0 saturated heterocycles. The van der Waals surface area contributed by atoms with E-state index in [1.54, 1.807) is 6.92 Å². The van der Waals surface area contributed by atoms with Crippen LogP contribution in [0.4, 0.5) is 5.69 Å². The van der Waals surface area contributed by atoms with Crippen LogP contribution in [0.1, 0.15) is 29.8 Å². The molecule has 20 heavy (non-hydrogen) atoms. The van der Waals surface area contributed by atoms with Crippen molar-refractivity contribution in [2.45, 2.75) is 20.3 Å². The van der Waals surface area contributed by atoms with Gasteiger partial charge >= 0.3 is 5.97 Å². The number of hydrogen-bond acceptors (Lipinski definition) is 4. The van der Waals surface area contributed by atoms with Gasteiger partial charge in [-0.2, -0.15) is 0 Å². The predicted octanol–water partition coefficient (Wildman–Crippen LogP) is 1.61. The molecule has 0 saturated carbocycles. The van der Waals surface area contributed by atoms with Gasteiger partial charge < -0.3 is 10.4 Å². The van der Waals surface area contributed by atoms with Crippen molar-refractivity contribution in [1.82, 2.24) is 5.32 Å². The van der Waals surface area contributed by atoms with Crippen molar-refractivity contribution in [3.05, 3.63) is 39.4 Å². The molecule has 0 fully saturated rings. The molecular formula is C13H16N2O5. The van der Waals surface area contributed by atoms with Crippen LogP contribution in [-0.4, -0.2) is 28.5 Å². The van der Waals surface area contributed by atoms with Crippen LogP contribution >= 0.6 is 0 Å². The summed E-state index contributed by atoms with van der Waals surface area (Å²) in [6, 6.07) is 4.24. The first kappa shape index (κ1) is 15.6. The van der Waals surface area contributed by atoms with Gasteiger partial charge in [0.1, 0.15) is 0 Å². The number of carboxylic acids is 1. The van der Waals surface area contributed by atoms with Crippen molar-refractivity contribution < 1.29 is 19.6 Å². The predicted molar refractivity (Wildman–Crippen MR) is 71.6 cm³/mol. The maximum absolute atomic E-state index is 11.8. The first-order valence-electron chi connectivity index (χ1n) is 6.15. The van der Waals surface area contributed by atoms with E-state index >= 15 is 0 Å². The van der Waals surface area contributed by atoms with Crippen LogP contribution in [-0.2, 0) is 11.2 Å². The van der Waals surface area contributed by atoms with Crippen LogP contribution in [0.15, 0.2) is 18.2 Å². The summed E-state index contributed by atoms with van der Waals surface area (Å²) >= 11 is 0. The minimum atomic E-state index is -1.02. The highest BCUT2D eigenvalue weighted by molar-refractivity contribution is 5.95. The number of benzene rings is 1. The molecular weight excluding hydrogens is 264 g/mol. The van der Waals surface area contributed by atoms with E-state index < -0.39 is 22.7 Å². The zero-order chi connectivity index (χ0) is 15.3. The van der Waals surface area contributed by atoms with Crippen LogP contribution in [0.3, 0.4) is 0 Å². The Bertz CT molecular complexity index is 542. The summed E-state index contributed by atoms with van der Waals surface area (Å²) in [5, 5.41) is 22.1. The topological polar surface area (TPSA) is 110 Å². The molecule has 0 aliphatic heterocycles. The highest BCUT2D eigenvalue weighted by Crippen LogP contribution is 2.20. The summed E-state index contributed by atoms with van der Waals surface area (Å²) in [4.78, 5) is 32.8. The number of carbonyl (C=O) groups is 2. The molecule has 2 N–H and O–H groups in total. The van der Waals surface area contributed by atoms with Gasteiger partial charge in [0.05, 0.1) is 10.8 Å². The van der Waals surface area contributed by atoms with Gasteiger partial charge in [-0.1, -0.05) is 19.9 Å². The average molecular weight is 280 g/mol. The van der Waals surface area contributed by atoms with Gasteiger partial charge in [-0.05, 0) is 12.5 Å². The maximum atomic E-state index is 11.8. The number of nitrogens with zero attached hydrogens (tertiary/aromatic N) is 1. The van der Waals surface area contributed by atoms with Crippen LogP contribution in [0.25, 0.3) is 0 Å². The van der Waals surface area contributed by atoms with E-state index in [1.165, 1.54) is 25.1 Å². The fraction of sp³-hybridized carbons (Fsp3) is 0.385. The molecule has 7 heteroatoms. The van der Waals surface area contributed by atoms with E-state index in [-0.39, 0.29) is 17.8 Å². The highest BCUT2D eigenvalue weighted by Gasteiger charge is 2.17. The molecule has 0 spiro atoms. The second-order valence-corrected chi connectivity index (χ2v) is 4.40. The lowest BCUT2D eigenvalue weighted by Crippen LogP contribution is -2.31. The molecule has 1 aromatic carbocycles. The summed E-state index contributed by atoms with van der Waals surface area (Å²) < 4.78 is 0. The number of carbonyl (C=O) groups excluding carboxylic acids is 1. The molecule has 0 radical (unpaired) electrons. The zero-order valence-electron chi connectivity index (χ0n) is 11.3. The summed E-state index contributed by atoms with van der Waals surface area (Å²) in [5.74, 6) is -2.26. The third-order valence-corrected chi connectivity index (χ3v) is 2.92. The third kappa shape index (κ3) is 3.78. The summed E-state index contributed by atoms with van der Waals surface area (Å²) in [6.45, 7) is 3.22. The van der Waals surface area contributed by atoms with Crippen molar-refractivity contribution >= 4 is 17.6 Å². The molecule has 1 aromatic rings. The molecule has 1 rings (SSSR count). The lowest BCUT2D eigenvalue weighted by molar-refractivity contribution is -0.385. The minimum Gasteiger partial charge on any atom is -0.481 e. The molecule has 0 aliphatic rings. The van der Waals surface area contributed by atoms with Crippen LogP contribution in [0.2, 0.25) is 0 Å². The van der Waals surface area contributed by atoms with Crippen molar-refractivity contribution in [2.24, 2.45) is 5.92 Å². The van der Waals surface area contributed by atoms with E-state index in [2.05, 4.69) is 5.32 Å². The van der Waals surface area contributed by atoms with Crippen LogP contribution in [0.5, 0.6) is 0 Å². The van der Waals surface area contributed by atoms with Crippen molar-refractivity contribution in [2.75, 3.05) is 6.54 Å². The molecule has 0 heterocycles. The number of nitro groups is 1. The number of carboxylic acid groups (broad SMARTS) is 1. The van der Waals surface area contributed by atoms with Gasteiger partial charge in [0.2, 0.25) is 0 Å². The van der Waals surface area contributed by atoms with Gasteiger partial charge in [-0.25, -0.2) is 0 Å². The number of nitro benzene ring substituents is 1. The summed E-state index contributed by atoms with van der Waals surface area (Å²) in [5.41, 5.74) is 0.586. The SMILES string of the molecule is CCc1ccc(C(=O)NCC(C)C(=O)O)cc1[N+](=O)[O-]. The minimum absolute atomic E-state index is 0.0303. The number of rotatable bonds is 6. The number of aryl methyl sites for hydroxylation is 1. The van der Waals surface area contributed by atoms with E-state index in [4.69, 9.17) is 5.11 Å². The molecule has 1 unspecified atom stereocenters. The van der Waals surface area contributed by atoms with Crippen molar-refractivity contribution in [3.8, 4) is 0 Å². The fourth-order valence-corrected chi connectivity index (χ4v) is 1.61. The largest absolute Gasteiger partial charge is 0.481 e. The Balaban J connectivity index is 2.86. The van der Waals surface area contributed by atoms with Crippen LogP contribution < -0.4 is 5.32 Å². The fourth-order valence-electron chi connectivity index (χ4n) is 1.61. The summed E-state index contributed by atoms with van der Waals surface area (Å²) in [7, 11) is 0. The first-order chi connectivity index (χ1) is 9.36. The molecule has 1 amide bonds. The quantitative estimate of drug-likeness (QED) is 0.607. The normalized spacial score (nSPS) is 11.7. The maximum Gasteiger partial charge on any atom is 0.308 e. The molecule has 0 aromatic heterocycles. The zero-order valence-corrected chi connectivity index (χ0v) is 11.3. The lowest BCUT2D eigenvalue weighted by atomic mass is 10.1. The Morgan fingerprint density at radius 3 is 2.60 bits per heavy atom. The number of amides is 1. The van der Waals surface area contributed by atoms with Crippen LogP contribution in [0, 0.1) is 16.0 Å². The number of hydrogen-bond donors (Lipinski definition) is 2. The Morgan fingerprint density at radius 1 is 1.45 bits per heavy atom. The standard InChI is InChI=1S/C13H16N2O5/c1-3-9-4-5-10(6-11(9)15(19)20)12(16)14-7-8(2)13(17)18/h4-6,8H,3,7H2,1-2H3,(H,14,16)(H,17,18). The second kappa shape index (κ2) is 6.65. The smallest absolute Gasteiger partial charge is 0.308 e. The molecule has 7 nitrogen and oxygen atoms in total. The lowest BCUT2D eigenvalue weighted by Gasteiger charge is -2.09. The van der Waals surface area contributed by atoms with E-state index in [1.807, 2.05) is 0 Å². The Morgan fingerprint density at radius 2 is 2.10 bits per heavy atom. The molecule has 1 atom stereocenters. The average Bonchev–Trinajstić information content (AvgIpc) is 2.43. The number of aliphatic carboxylic acids is 1. The molecule has 0 aliphatic carbocycles. The number of nitrogens with one attached hydrogen (secondary N) is 1. The van der Waals surface area contributed by atoms with Crippen molar-refractivity contribution in [3.63, 3.8) is 0 Å². The Labute approximate surface area is 115 Å². The Kier molecular flexibility index (Phi) is 5.19. The van der Waals surface area contributed by atoms with Crippen molar-refractivity contribution in [1.29, 1.82) is 0 Å². The van der Waals surface area contributed by atoms with E-state index in [0.717, 1.165) is 0 Å². The second-order valence-electron chi connectivity index (χ2n) is 4.40. The molecule has 0 bridgehead atoms. The van der Waals surface area contributed by atoms with Gasteiger partial charge in [0, 0.05) is 23.7 Å². The van der Waals surface area contributed by atoms with Gasteiger partial charge in [0.25, 0.3) is 11.6 Å². The Hall–Kier alpha value is -2.44. The van der Waals surface area contributed by atoms with E-state index in [0.29, 0.717) is 12.0 Å². The monoisotopic (exact) mass is 280 g/mol. The van der Waals surface area contributed by atoms with Gasteiger partial charge in [-0.15, -0.1) is 0 Å².